The average molecular weight is 263 g/mol. The lowest BCUT2D eigenvalue weighted by atomic mass is 9.97. The highest BCUT2D eigenvalue weighted by atomic mass is 16.5. The van der Waals surface area contributed by atoms with E-state index in [1.165, 1.54) is 0 Å². The van der Waals surface area contributed by atoms with Crippen LogP contribution in [-0.4, -0.2) is 18.2 Å². The largest absolute Gasteiger partial charge is 0.487 e. The number of benzene rings is 1. The molecule has 0 saturated carbocycles. The van der Waals surface area contributed by atoms with Gasteiger partial charge in [0.1, 0.15) is 11.4 Å². The monoisotopic (exact) mass is 263 g/mol. The molecule has 0 aromatic heterocycles. The van der Waals surface area contributed by atoms with Crippen molar-refractivity contribution in [3.05, 3.63) is 29.3 Å². The van der Waals surface area contributed by atoms with Crippen LogP contribution in [0.25, 0.3) is 0 Å². The Morgan fingerprint density at radius 2 is 2.26 bits per heavy atom. The summed E-state index contributed by atoms with van der Waals surface area (Å²) in [4.78, 5) is 11.5. The molecule has 0 unspecified atom stereocenters. The van der Waals surface area contributed by atoms with Crippen LogP contribution in [-0.2, 0) is 16.0 Å². The fourth-order valence-corrected chi connectivity index (χ4v) is 2.44. The van der Waals surface area contributed by atoms with Gasteiger partial charge in [-0.05, 0) is 26.3 Å². The molecule has 1 heterocycles. The van der Waals surface area contributed by atoms with Crippen molar-refractivity contribution in [2.24, 2.45) is 5.73 Å². The molecule has 0 spiro atoms. The normalized spacial score (nSPS) is 17.5. The van der Waals surface area contributed by atoms with E-state index in [1.54, 1.807) is 6.92 Å². The van der Waals surface area contributed by atoms with Crippen LogP contribution in [0.5, 0.6) is 5.75 Å². The number of nitrogens with two attached hydrogens (primary N) is 1. The Hall–Kier alpha value is -1.55. The number of carbonyl (C=O) groups excluding carboxylic acids is 1. The summed E-state index contributed by atoms with van der Waals surface area (Å²) in [6, 6.07) is 5.54. The Kier molecular flexibility index (Phi) is 3.80. The van der Waals surface area contributed by atoms with Gasteiger partial charge in [-0.15, -0.1) is 0 Å². The lowest BCUT2D eigenvalue weighted by molar-refractivity contribution is -0.143. The predicted molar refractivity (Wildman–Crippen MR) is 73.0 cm³/mol. The number of ether oxygens (including phenoxy) is 2. The van der Waals surface area contributed by atoms with Crippen LogP contribution in [0.1, 0.15) is 44.4 Å². The highest BCUT2D eigenvalue weighted by Crippen LogP contribution is 2.40. The topological polar surface area (TPSA) is 61.5 Å². The Labute approximate surface area is 113 Å². The zero-order valence-corrected chi connectivity index (χ0v) is 11.7. The van der Waals surface area contributed by atoms with Gasteiger partial charge in [-0.3, -0.25) is 4.79 Å². The second-order valence-corrected chi connectivity index (χ2v) is 5.49. The molecule has 104 valence electrons. The van der Waals surface area contributed by atoms with Crippen molar-refractivity contribution < 1.29 is 14.3 Å². The molecule has 0 amide bonds. The van der Waals surface area contributed by atoms with Crippen LogP contribution >= 0.6 is 0 Å². The molecular weight excluding hydrogens is 242 g/mol. The van der Waals surface area contributed by atoms with Gasteiger partial charge < -0.3 is 15.2 Å². The Morgan fingerprint density at radius 3 is 2.95 bits per heavy atom. The highest BCUT2D eigenvalue weighted by Gasteiger charge is 2.33. The molecule has 2 rings (SSSR count). The highest BCUT2D eigenvalue weighted by molar-refractivity contribution is 5.70. The van der Waals surface area contributed by atoms with Crippen molar-refractivity contribution in [3.63, 3.8) is 0 Å². The van der Waals surface area contributed by atoms with Crippen LogP contribution < -0.4 is 10.5 Å². The zero-order valence-electron chi connectivity index (χ0n) is 11.7. The number of hydrogen-bond donors (Lipinski definition) is 1. The molecule has 0 aliphatic carbocycles. The van der Waals surface area contributed by atoms with Gasteiger partial charge in [0.25, 0.3) is 0 Å². The summed E-state index contributed by atoms with van der Waals surface area (Å²) in [7, 11) is 0. The quantitative estimate of drug-likeness (QED) is 0.847. The maximum absolute atomic E-state index is 11.5. The molecule has 0 fully saturated rings. The molecule has 4 nitrogen and oxygen atoms in total. The number of hydrogen-bond acceptors (Lipinski definition) is 4. The van der Waals surface area contributed by atoms with Crippen molar-refractivity contribution in [2.75, 3.05) is 6.61 Å². The molecule has 1 atom stereocenters. The van der Waals surface area contributed by atoms with E-state index in [0.717, 1.165) is 23.3 Å². The lowest BCUT2D eigenvalue weighted by Crippen LogP contribution is -2.25. The molecule has 1 aliphatic rings. The van der Waals surface area contributed by atoms with Crippen molar-refractivity contribution in [1.82, 2.24) is 0 Å². The van der Waals surface area contributed by atoms with E-state index in [1.807, 2.05) is 32.0 Å². The van der Waals surface area contributed by atoms with E-state index in [2.05, 4.69) is 0 Å². The van der Waals surface area contributed by atoms with Gasteiger partial charge in [0.05, 0.1) is 13.0 Å². The summed E-state index contributed by atoms with van der Waals surface area (Å²) in [5.41, 5.74) is 7.94. The third-order valence-electron chi connectivity index (χ3n) is 3.21. The third kappa shape index (κ3) is 3.07. The fraction of sp³-hybridized carbons (Fsp3) is 0.533. The minimum absolute atomic E-state index is 0.175. The maximum atomic E-state index is 11.5. The first-order chi connectivity index (χ1) is 8.93. The molecule has 0 saturated heterocycles. The van der Waals surface area contributed by atoms with Crippen molar-refractivity contribution in [1.29, 1.82) is 0 Å². The Morgan fingerprint density at radius 1 is 1.53 bits per heavy atom. The molecule has 2 N–H and O–H groups in total. The van der Waals surface area contributed by atoms with Crippen LogP contribution in [0.4, 0.5) is 0 Å². The number of para-hydroxylation sites is 1. The lowest BCUT2D eigenvalue weighted by Gasteiger charge is -2.20. The van der Waals surface area contributed by atoms with E-state index >= 15 is 0 Å². The molecule has 0 bridgehead atoms. The summed E-state index contributed by atoms with van der Waals surface area (Å²) in [6.07, 6.45) is 1.04. The minimum atomic E-state index is -0.386. The SMILES string of the molecule is CCOC(=O)C[C@H](N)c1cccc2c1OC(C)(C)C2. The predicted octanol–water partition coefficient (Wildman–Crippen LogP) is 2.35. The van der Waals surface area contributed by atoms with E-state index < -0.39 is 0 Å². The van der Waals surface area contributed by atoms with Gasteiger partial charge in [-0.1, -0.05) is 18.2 Å². The van der Waals surface area contributed by atoms with Gasteiger partial charge in [0.15, 0.2) is 0 Å². The molecule has 1 aromatic rings. The Bertz CT molecular complexity index is 482. The fourth-order valence-electron chi connectivity index (χ4n) is 2.44. The molecule has 1 aromatic carbocycles. The number of rotatable bonds is 4. The van der Waals surface area contributed by atoms with Crippen LogP contribution in [0.2, 0.25) is 0 Å². The van der Waals surface area contributed by atoms with Crippen molar-refractivity contribution in [3.8, 4) is 5.75 Å². The van der Waals surface area contributed by atoms with E-state index in [9.17, 15) is 4.79 Å². The Balaban J connectivity index is 2.18. The number of fused-ring (bicyclic) bond motifs is 1. The van der Waals surface area contributed by atoms with Crippen molar-refractivity contribution >= 4 is 5.97 Å². The summed E-state index contributed by atoms with van der Waals surface area (Å²) < 4.78 is 10.9. The second kappa shape index (κ2) is 5.21. The van der Waals surface area contributed by atoms with Gasteiger partial charge in [0, 0.05) is 18.0 Å². The molecule has 19 heavy (non-hydrogen) atoms. The molecule has 4 heteroatoms. The smallest absolute Gasteiger partial charge is 0.307 e. The van der Waals surface area contributed by atoms with E-state index in [0.29, 0.717) is 6.61 Å². The van der Waals surface area contributed by atoms with Crippen LogP contribution in [0.3, 0.4) is 0 Å². The molecular formula is C15H21NO3. The maximum Gasteiger partial charge on any atom is 0.307 e. The van der Waals surface area contributed by atoms with Gasteiger partial charge >= 0.3 is 5.97 Å². The zero-order chi connectivity index (χ0) is 14.0. The number of esters is 1. The van der Waals surface area contributed by atoms with E-state index in [-0.39, 0.29) is 24.0 Å². The second-order valence-electron chi connectivity index (χ2n) is 5.49. The van der Waals surface area contributed by atoms with Crippen LogP contribution in [0.15, 0.2) is 18.2 Å². The molecule has 0 radical (unpaired) electrons. The minimum Gasteiger partial charge on any atom is -0.487 e. The number of carbonyl (C=O) groups is 1. The standard InChI is InChI=1S/C15H21NO3/c1-4-18-13(17)8-12(16)11-7-5-6-10-9-15(2,3)19-14(10)11/h5-7,12H,4,8-9,16H2,1-3H3/t12-/m0/s1. The summed E-state index contributed by atoms with van der Waals surface area (Å²) in [6.45, 7) is 6.26. The van der Waals surface area contributed by atoms with Gasteiger partial charge in [-0.25, -0.2) is 0 Å². The first-order valence-corrected chi connectivity index (χ1v) is 6.65. The van der Waals surface area contributed by atoms with Gasteiger partial charge in [-0.2, -0.15) is 0 Å². The third-order valence-corrected chi connectivity index (χ3v) is 3.21. The van der Waals surface area contributed by atoms with Gasteiger partial charge in [0.2, 0.25) is 0 Å². The first-order valence-electron chi connectivity index (χ1n) is 6.65. The summed E-state index contributed by atoms with van der Waals surface area (Å²) >= 11 is 0. The average Bonchev–Trinajstić information content (AvgIpc) is 2.62. The van der Waals surface area contributed by atoms with Crippen molar-refractivity contribution in [2.45, 2.75) is 45.3 Å². The summed E-state index contributed by atoms with van der Waals surface area (Å²) in [5.74, 6) is 0.564. The first kappa shape index (κ1) is 13.9. The van der Waals surface area contributed by atoms with Crippen LogP contribution in [0, 0.1) is 0 Å². The summed E-state index contributed by atoms with van der Waals surface area (Å²) in [5, 5.41) is 0. The molecule has 1 aliphatic heterocycles. The van der Waals surface area contributed by atoms with E-state index in [4.69, 9.17) is 15.2 Å².